The van der Waals surface area contributed by atoms with Crippen LogP contribution in [0.15, 0.2) is 76.9 Å². The van der Waals surface area contributed by atoms with Gasteiger partial charge in [-0.15, -0.1) is 11.3 Å². The van der Waals surface area contributed by atoms with Crippen molar-refractivity contribution < 1.29 is 31.1 Å². The Kier molecular flexibility index (Phi) is 7.67. The molecule has 0 spiro atoms. The van der Waals surface area contributed by atoms with Crippen molar-refractivity contribution in [3.8, 4) is 10.4 Å². The van der Waals surface area contributed by atoms with E-state index in [4.69, 9.17) is 10.1 Å². The van der Waals surface area contributed by atoms with Crippen molar-refractivity contribution in [2.45, 2.75) is 11.8 Å². The summed E-state index contributed by atoms with van der Waals surface area (Å²) in [5.41, 5.74) is -0.936. The van der Waals surface area contributed by atoms with Crippen LogP contribution in [-0.4, -0.2) is 43.0 Å². The van der Waals surface area contributed by atoms with Crippen LogP contribution in [-0.2, 0) is 14.8 Å². The van der Waals surface area contributed by atoms with Crippen molar-refractivity contribution in [1.82, 2.24) is 9.97 Å². The van der Waals surface area contributed by atoms with E-state index in [1.807, 2.05) is 4.72 Å². The van der Waals surface area contributed by atoms with E-state index in [-0.39, 0.29) is 22.4 Å². The third-order valence-corrected chi connectivity index (χ3v) is 8.64. The minimum atomic E-state index is -4.46. The Balaban J connectivity index is 1.50. The molecule has 0 saturated heterocycles. The Morgan fingerprint density at radius 2 is 1.90 bits per heavy atom. The highest BCUT2D eigenvalue weighted by Crippen LogP contribution is 2.33. The van der Waals surface area contributed by atoms with Gasteiger partial charge in [0.15, 0.2) is 17.6 Å². The molecule has 9 nitrogen and oxygen atoms in total. The summed E-state index contributed by atoms with van der Waals surface area (Å²) in [7, 11) is -3.01. The van der Waals surface area contributed by atoms with Gasteiger partial charge in [-0.2, -0.15) is 4.99 Å². The normalized spacial score (nSPS) is 12.0. The first-order valence-corrected chi connectivity index (χ1v) is 14.3. The lowest BCUT2D eigenvalue weighted by molar-refractivity contribution is 0.103. The summed E-state index contributed by atoms with van der Waals surface area (Å²) < 4.78 is 76.3. The first-order valence-electron chi connectivity index (χ1n) is 12.0. The number of ether oxygens (including phenoxy) is 1. The van der Waals surface area contributed by atoms with Crippen LogP contribution >= 0.6 is 11.3 Å². The number of hydrogen-bond donors (Lipinski definition) is 3. The zero-order valence-electron chi connectivity index (χ0n) is 21.8. The van der Waals surface area contributed by atoms with Gasteiger partial charge in [-0.3, -0.25) is 14.9 Å². The lowest BCUT2D eigenvalue weighted by Crippen LogP contribution is -2.16. The number of aliphatic imine (C=N–C) groups is 1. The summed E-state index contributed by atoms with van der Waals surface area (Å²) >= 11 is 1.25. The predicted octanol–water partition coefficient (Wildman–Crippen LogP) is 6.13. The second kappa shape index (κ2) is 11.2. The Morgan fingerprint density at radius 3 is 2.64 bits per heavy atom. The number of hydrogen-bond acceptors (Lipinski definition) is 7. The topological polar surface area (TPSA) is 137 Å². The molecule has 3 N–H and O–H groups in total. The first kappa shape index (κ1) is 28.7. The number of pyridine rings is 1. The van der Waals surface area contributed by atoms with Crippen LogP contribution in [0.2, 0.25) is 0 Å². The fourth-order valence-corrected chi connectivity index (χ4v) is 5.99. The number of nitrogens with one attached hydrogen (secondary N) is 3. The molecule has 0 amide bonds. The van der Waals surface area contributed by atoms with Gasteiger partial charge in [-0.05, 0) is 48.5 Å². The molecule has 3 aromatic heterocycles. The SMILES string of the molecule is CO/C(C)=N\C(=N)c1ccc(-c2cnc3[nH]cc(C(=O)c4c(F)ccc(NS(=O)(=O)c5cccc(F)c5)c4F)c3c2)s1. The molecule has 0 bridgehead atoms. The Hall–Kier alpha value is -4.82. The Bertz CT molecular complexity index is 2020. The number of fused-ring (bicyclic) bond motifs is 1. The smallest absolute Gasteiger partial charge is 0.262 e. The summed E-state index contributed by atoms with van der Waals surface area (Å²) in [6.07, 6.45) is 2.79. The first-order chi connectivity index (χ1) is 20.0. The molecule has 0 aliphatic carbocycles. The van der Waals surface area contributed by atoms with Gasteiger partial charge in [-0.25, -0.2) is 26.6 Å². The molecule has 42 heavy (non-hydrogen) atoms. The number of thiophene rings is 1. The Morgan fingerprint density at radius 1 is 1.12 bits per heavy atom. The molecule has 0 fully saturated rings. The summed E-state index contributed by atoms with van der Waals surface area (Å²) in [6, 6.07) is 10.7. The summed E-state index contributed by atoms with van der Waals surface area (Å²) in [4.78, 5) is 25.4. The van der Waals surface area contributed by atoms with Crippen molar-refractivity contribution >= 4 is 55.6 Å². The number of rotatable bonds is 7. The third kappa shape index (κ3) is 5.53. The monoisotopic (exact) mass is 611 g/mol. The number of methoxy groups -OCH3 is 1. The molecule has 14 heteroatoms. The molecule has 0 aliphatic heterocycles. The minimum absolute atomic E-state index is 0.00370. The maximum atomic E-state index is 15.5. The highest BCUT2D eigenvalue weighted by molar-refractivity contribution is 7.92. The molecular weight excluding hydrogens is 591 g/mol. The van der Waals surface area contributed by atoms with Gasteiger partial charge in [0.1, 0.15) is 17.3 Å². The number of benzene rings is 2. The van der Waals surface area contributed by atoms with E-state index in [2.05, 4.69) is 15.0 Å². The van der Waals surface area contributed by atoms with E-state index in [0.717, 1.165) is 36.4 Å². The fourth-order valence-electron chi connectivity index (χ4n) is 4.02. The number of carbonyl (C=O) groups excluding carboxylic acids is 1. The molecule has 0 saturated carbocycles. The quantitative estimate of drug-likeness (QED) is 0.116. The van der Waals surface area contributed by atoms with Crippen molar-refractivity contribution in [2.24, 2.45) is 4.99 Å². The number of H-pyrrole nitrogens is 1. The van der Waals surface area contributed by atoms with Gasteiger partial charge >= 0.3 is 0 Å². The molecule has 0 radical (unpaired) electrons. The number of carbonyl (C=O) groups is 1. The average Bonchev–Trinajstić information content (AvgIpc) is 3.62. The van der Waals surface area contributed by atoms with E-state index >= 15 is 4.39 Å². The van der Waals surface area contributed by atoms with Gasteiger partial charge in [0.05, 0.1) is 28.1 Å². The minimum Gasteiger partial charge on any atom is -0.484 e. The van der Waals surface area contributed by atoms with E-state index in [1.54, 1.807) is 31.3 Å². The molecule has 5 aromatic rings. The standard InChI is InChI=1S/C28H20F3N5O4S2/c1-14(40-2)35-27(32)23-9-8-22(41-23)15-10-18-19(13-34-28(18)33-12-15)26(37)24-20(30)6-7-21(25(24)31)36-42(38,39)17-5-3-4-16(29)11-17/h3-13,32,36H,1-2H3,(H,33,34)/b32-27?,35-14-. The van der Waals surface area contributed by atoms with Crippen molar-refractivity contribution in [2.75, 3.05) is 11.8 Å². The fraction of sp³-hybridized carbons (Fsp3) is 0.0714. The molecular formula is C28H20F3N5O4S2. The van der Waals surface area contributed by atoms with Gasteiger partial charge in [0, 0.05) is 40.7 Å². The zero-order valence-corrected chi connectivity index (χ0v) is 23.5. The van der Waals surface area contributed by atoms with Crippen LogP contribution < -0.4 is 4.72 Å². The third-order valence-electron chi connectivity index (χ3n) is 6.13. The van der Waals surface area contributed by atoms with Crippen molar-refractivity contribution in [3.63, 3.8) is 0 Å². The molecule has 214 valence electrons. The number of aromatic amines is 1. The predicted molar refractivity (Wildman–Crippen MR) is 153 cm³/mol. The van der Waals surface area contributed by atoms with E-state index in [9.17, 15) is 22.0 Å². The second-order valence-electron chi connectivity index (χ2n) is 8.85. The van der Waals surface area contributed by atoms with E-state index in [0.29, 0.717) is 21.2 Å². The zero-order chi connectivity index (χ0) is 30.2. The van der Waals surface area contributed by atoms with E-state index < -0.39 is 49.4 Å². The summed E-state index contributed by atoms with van der Waals surface area (Å²) in [5, 5.41) is 8.41. The summed E-state index contributed by atoms with van der Waals surface area (Å²) in [5.74, 6) is -4.22. The van der Waals surface area contributed by atoms with Gasteiger partial charge in [-0.1, -0.05) is 6.07 Å². The van der Waals surface area contributed by atoms with Crippen LogP contribution in [0, 0.1) is 22.9 Å². The maximum absolute atomic E-state index is 15.5. The molecule has 5 rings (SSSR count). The van der Waals surface area contributed by atoms with Crippen LogP contribution in [0.5, 0.6) is 0 Å². The summed E-state index contributed by atoms with van der Waals surface area (Å²) in [6.45, 7) is 1.62. The highest BCUT2D eigenvalue weighted by Gasteiger charge is 2.27. The van der Waals surface area contributed by atoms with Crippen LogP contribution in [0.3, 0.4) is 0 Å². The van der Waals surface area contributed by atoms with Gasteiger partial charge < -0.3 is 9.72 Å². The van der Waals surface area contributed by atoms with E-state index in [1.165, 1.54) is 24.6 Å². The Labute approximate surface area is 241 Å². The van der Waals surface area contributed by atoms with Crippen molar-refractivity contribution in [3.05, 3.63) is 100 Å². The maximum Gasteiger partial charge on any atom is 0.262 e. The second-order valence-corrected chi connectivity index (χ2v) is 11.6. The average molecular weight is 612 g/mol. The molecule has 0 atom stereocenters. The van der Waals surface area contributed by atoms with Crippen LogP contribution in [0.4, 0.5) is 18.9 Å². The highest BCUT2D eigenvalue weighted by atomic mass is 32.2. The lowest BCUT2D eigenvalue weighted by atomic mass is 10.0. The number of nitrogens with zero attached hydrogens (tertiary/aromatic N) is 2. The number of amidine groups is 1. The molecule has 0 aliphatic rings. The number of anilines is 1. The van der Waals surface area contributed by atoms with Crippen LogP contribution in [0.1, 0.15) is 27.7 Å². The van der Waals surface area contributed by atoms with Gasteiger partial charge in [0.2, 0.25) is 5.78 Å². The lowest BCUT2D eigenvalue weighted by Gasteiger charge is -2.12. The number of ketones is 1. The van der Waals surface area contributed by atoms with Crippen LogP contribution in [0.25, 0.3) is 21.5 Å². The number of aromatic nitrogens is 2. The molecule has 3 heterocycles. The molecule has 2 aromatic carbocycles. The largest absolute Gasteiger partial charge is 0.484 e. The number of halogens is 3. The number of sulfonamides is 1. The van der Waals surface area contributed by atoms with Crippen molar-refractivity contribution in [1.29, 1.82) is 5.41 Å². The van der Waals surface area contributed by atoms with Gasteiger partial charge in [0.25, 0.3) is 10.0 Å². The molecule has 0 unspecified atom stereocenters.